The van der Waals surface area contributed by atoms with Crippen molar-refractivity contribution in [1.82, 2.24) is 4.98 Å². The van der Waals surface area contributed by atoms with Crippen LogP contribution in [-0.4, -0.2) is 13.1 Å². The number of aromatic amines is 1. The van der Waals surface area contributed by atoms with Crippen LogP contribution in [0.5, 0.6) is 0 Å². The zero-order valence-corrected chi connectivity index (χ0v) is 19.4. The van der Waals surface area contributed by atoms with Crippen molar-refractivity contribution in [3.05, 3.63) is 81.1 Å². The van der Waals surface area contributed by atoms with Crippen molar-refractivity contribution >= 4 is 19.0 Å². The highest BCUT2D eigenvalue weighted by atomic mass is 28.3. The smallest absolute Gasteiger partial charge is 0.251 e. The Labute approximate surface area is 179 Å². The second-order valence-electron chi connectivity index (χ2n) is 9.10. The van der Waals surface area contributed by atoms with Gasteiger partial charge in [-0.15, -0.1) is 5.54 Å². The van der Waals surface area contributed by atoms with Crippen molar-refractivity contribution in [2.45, 2.75) is 51.7 Å². The van der Waals surface area contributed by atoms with Gasteiger partial charge in [0.25, 0.3) is 5.56 Å². The first-order chi connectivity index (χ1) is 14.1. The molecule has 3 aromatic rings. The Balaban J connectivity index is 1.97. The maximum absolute atomic E-state index is 12.2. The number of benzene rings is 2. The average Bonchev–Trinajstić information content (AvgIpc) is 2.71. The summed E-state index contributed by atoms with van der Waals surface area (Å²) in [6.45, 7) is 10.6. The van der Waals surface area contributed by atoms with E-state index in [2.05, 4.69) is 48.2 Å². The SMILES string of the molecule is CCc1cc2ccc(C(C)(C#N)Cc3cccc(C#C[Si](C)(C)C)c3)cc2[nH]c1=O. The molecule has 0 saturated carbocycles. The predicted molar refractivity (Wildman–Crippen MR) is 127 cm³/mol. The van der Waals surface area contributed by atoms with Crippen LogP contribution < -0.4 is 5.56 Å². The van der Waals surface area contributed by atoms with Gasteiger partial charge in [-0.3, -0.25) is 4.79 Å². The van der Waals surface area contributed by atoms with Gasteiger partial charge in [0.05, 0.1) is 11.5 Å². The zero-order valence-electron chi connectivity index (χ0n) is 18.4. The van der Waals surface area contributed by atoms with Crippen molar-refractivity contribution in [3.63, 3.8) is 0 Å². The third-order valence-corrected chi connectivity index (χ3v) is 6.13. The van der Waals surface area contributed by atoms with Gasteiger partial charge in [-0.25, -0.2) is 0 Å². The highest BCUT2D eigenvalue weighted by Crippen LogP contribution is 2.30. The van der Waals surface area contributed by atoms with Gasteiger partial charge in [-0.2, -0.15) is 5.26 Å². The van der Waals surface area contributed by atoms with E-state index in [-0.39, 0.29) is 5.56 Å². The molecule has 3 nitrogen and oxygen atoms in total. The Morgan fingerprint density at radius 1 is 1.10 bits per heavy atom. The molecule has 30 heavy (non-hydrogen) atoms. The molecule has 1 N–H and O–H groups in total. The van der Waals surface area contributed by atoms with Crippen molar-refractivity contribution in [1.29, 1.82) is 5.26 Å². The molecule has 0 saturated heterocycles. The molecule has 3 rings (SSSR count). The summed E-state index contributed by atoms with van der Waals surface area (Å²) in [5.74, 6) is 3.30. The molecular weight excluding hydrogens is 384 g/mol. The number of aromatic nitrogens is 1. The molecule has 4 heteroatoms. The number of nitriles is 1. The van der Waals surface area contributed by atoms with Gasteiger partial charge >= 0.3 is 0 Å². The minimum Gasteiger partial charge on any atom is -0.322 e. The lowest BCUT2D eigenvalue weighted by Gasteiger charge is -2.23. The minimum atomic E-state index is -1.44. The zero-order chi connectivity index (χ0) is 21.9. The summed E-state index contributed by atoms with van der Waals surface area (Å²) >= 11 is 0. The fraction of sp³-hybridized carbons (Fsp3) is 0.308. The standard InChI is InChI=1S/C26H28N2OSi/c1-6-21-15-22-10-11-23(16-24(22)28-25(21)29)26(2,18-27)17-20-9-7-8-19(14-20)12-13-30(3,4)5/h7-11,14-16H,6,17H2,1-5H3,(H,28,29). The molecule has 0 aliphatic carbocycles. The van der Waals surface area contributed by atoms with E-state index < -0.39 is 13.5 Å². The summed E-state index contributed by atoms with van der Waals surface area (Å²) < 4.78 is 0. The molecular formula is C26H28N2OSi. The normalized spacial score (nSPS) is 13.2. The van der Waals surface area contributed by atoms with Crippen LogP contribution in [0.1, 0.15) is 36.1 Å². The quantitative estimate of drug-likeness (QED) is 0.464. The number of pyridine rings is 1. The second-order valence-corrected chi connectivity index (χ2v) is 13.9. The minimum absolute atomic E-state index is 0.0607. The number of nitrogens with zero attached hydrogens (tertiary/aromatic N) is 1. The Bertz CT molecular complexity index is 1250. The third kappa shape index (κ3) is 4.90. The van der Waals surface area contributed by atoms with E-state index >= 15 is 0 Å². The number of fused-ring (bicyclic) bond motifs is 1. The molecule has 0 fully saturated rings. The van der Waals surface area contributed by atoms with E-state index in [1.807, 2.05) is 56.3 Å². The second kappa shape index (κ2) is 8.34. The molecule has 152 valence electrons. The lowest BCUT2D eigenvalue weighted by molar-refractivity contribution is 0.607. The first kappa shape index (κ1) is 21.6. The molecule has 1 unspecified atom stereocenters. The number of H-pyrrole nitrogens is 1. The lowest BCUT2D eigenvalue weighted by atomic mass is 9.78. The Kier molecular flexibility index (Phi) is 6.01. The number of rotatable bonds is 4. The maximum Gasteiger partial charge on any atom is 0.251 e. The summed E-state index contributed by atoms with van der Waals surface area (Å²) in [4.78, 5) is 15.2. The van der Waals surface area contributed by atoms with E-state index in [1.54, 1.807) is 0 Å². The number of hydrogen-bond acceptors (Lipinski definition) is 2. The number of aryl methyl sites for hydroxylation is 1. The van der Waals surface area contributed by atoms with E-state index in [9.17, 15) is 10.1 Å². The van der Waals surface area contributed by atoms with Crippen LogP contribution in [-0.2, 0) is 18.3 Å². The third-order valence-electron chi connectivity index (χ3n) is 5.25. The Morgan fingerprint density at radius 3 is 2.53 bits per heavy atom. The number of nitrogens with one attached hydrogen (secondary N) is 1. The van der Waals surface area contributed by atoms with Gasteiger partial charge in [0, 0.05) is 16.6 Å². The summed E-state index contributed by atoms with van der Waals surface area (Å²) in [6.07, 6.45) is 1.27. The van der Waals surface area contributed by atoms with Crippen LogP contribution in [0.4, 0.5) is 0 Å². The molecule has 0 aliphatic heterocycles. The van der Waals surface area contributed by atoms with Gasteiger partial charge in [0.2, 0.25) is 0 Å². The van der Waals surface area contributed by atoms with E-state index in [1.165, 1.54) is 0 Å². The highest BCUT2D eigenvalue weighted by molar-refractivity contribution is 6.83. The molecule has 0 amide bonds. The highest BCUT2D eigenvalue weighted by Gasteiger charge is 2.27. The van der Waals surface area contributed by atoms with Crippen LogP contribution in [0.3, 0.4) is 0 Å². The van der Waals surface area contributed by atoms with Crippen molar-refractivity contribution in [2.24, 2.45) is 0 Å². The summed E-state index contributed by atoms with van der Waals surface area (Å²) in [6, 6.07) is 18.5. The molecule has 1 aromatic heterocycles. The van der Waals surface area contributed by atoms with Gasteiger partial charge in [0.15, 0.2) is 0 Å². The van der Waals surface area contributed by atoms with Gasteiger partial charge in [-0.05, 0) is 60.5 Å². The fourth-order valence-corrected chi connectivity index (χ4v) is 4.00. The van der Waals surface area contributed by atoms with Crippen LogP contribution in [0.15, 0.2) is 53.3 Å². The van der Waals surface area contributed by atoms with E-state index in [4.69, 9.17) is 0 Å². The topological polar surface area (TPSA) is 56.6 Å². The fourth-order valence-electron chi connectivity index (χ4n) is 3.49. The van der Waals surface area contributed by atoms with Gasteiger partial charge in [0.1, 0.15) is 8.07 Å². The van der Waals surface area contributed by atoms with Crippen molar-refractivity contribution in [2.75, 3.05) is 0 Å². The first-order valence-corrected chi connectivity index (χ1v) is 13.8. The predicted octanol–water partition coefficient (Wildman–Crippen LogP) is 5.34. The first-order valence-electron chi connectivity index (χ1n) is 10.3. The van der Waals surface area contributed by atoms with Crippen molar-refractivity contribution in [3.8, 4) is 17.5 Å². The van der Waals surface area contributed by atoms with Crippen LogP contribution in [0.2, 0.25) is 19.6 Å². The molecule has 2 aromatic carbocycles. The van der Waals surface area contributed by atoms with Crippen LogP contribution in [0, 0.1) is 22.8 Å². The maximum atomic E-state index is 12.2. The van der Waals surface area contributed by atoms with Crippen molar-refractivity contribution < 1.29 is 0 Å². The van der Waals surface area contributed by atoms with E-state index in [0.29, 0.717) is 12.8 Å². The lowest BCUT2D eigenvalue weighted by Crippen LogP contribution is -2.23. The summed E-state index contributed by atoms with van der Waals surface area (Å²) in [7, 11) is -1.44. The molecule has 0 aliphatic rings. The molecule has 0 radical (unpaired) electrons. The largest absolute Gasteiger partial charge is 0.322 e. The number of hydrogen-bond donors (Lipinski definition) is 1. The molecule has 0 bridgehead atoms. The Hall–Kier alpha value is -3.08. The molecule has 0 spiro atoms. The van der Waals surface area contributed by atoms with E-state index in [0.717, 1.165) is 33.2 Å². The summed E-state index contributed by atoms with van der Waals surface area (Å²) in [5.41, 5.74) is 7.14. The summed E-state index contributed by atoms with van der Waals surface area (Å²) in [5, 5.41) is 11.0. The molecule has 1 atom stereocenters. The molecule has 1 heterocycles. The van der Waals surface area contributed by atoms with Gasteiger partial charge in [-0.1, -0.05) is 56.8 Å². The Morgan fingerprint density at radius 2 is 1.87 bits per heavy atom. The van der Waals surface area contributed by atoms with Crippen LogP contribution in [0.25, 0.3) is 10.9 Å². The monoisotopic (exact) mass is 412 g/mol. The van der Waals surface area contributed by atoms with Gasteiger partial charge < -0.3 is 4.98 Å². The average molecular weight is 413 g/mol. The van der Waals surface area contributed by atoms with Crippen LogP contribution >= 0.6 is 0 Å².